The van der Waals surface area contributed by atoms with Crippen molar-refractivity contribution in [3.05, 3.63) is 72.5 Å². The van der Waals surface area contributed by atoms with Crippen LogP contribution >= 0.6 is 0 Å². The highest BCUT2D eigenvalue weighted by molar-refractivity contribution is 6.99. The van der Waals surface area contributed by atoms with Gasteiger partial charge in [-0.2, -0.15) is 0 Å². The van der Waals surface area contributed by atoms with E-state index < -0.39 is 8.32 Å². The van der Waals surface area contributed by atoms with Gasteiger partial charge in [-0.15, -0.1) is 0 Å². The van der Waals surface area contributed by atoms with Crippen molar-refractivity contribution in [3.63, 3.8) is 0 Å². The fraction of sp³-hybridized carbons (Fsp3) is 0.250. The number of carbonyl (C=O) groups is 1. The van der Waals surface area contributed by atoms with E-state index in [0.717, 1.165) is 6.29 Å². The molecular formula is C20H24O2Si. The Bertz CT molecular complexity index is 630. The van der Waals surface area contributed by atoms with Crippen LogP contribution in [0.1, 0.15) is 27.7 Å². The van der Waals surface area contributed by atoms with Crippen LogP contribution in [0.25, 0.3) is 0 Å². The van der Waals surface area contributed by atoms with Crippen molar-refractivity contribution in [1.82, 2.24) is 0 Å². The molecular weight excluding hydrogens is 300 g/mol. The van der Waals surface area contributed by atoms with E-state index >= 15 is 0 Å². The Kier molecular flexibility index (Phi) is 5.22. The Morgan fingerprint density at radius 3 is 1.70 bits per heavy atom. The normalized spacial score (nSPS) is 12.8. The smallest absolute Gasteiger partial charge is 0.319 e. The van der Waals surface area contributed by atoms with E-state index in [9.17, 15) is 4.79 Å². The second kappa shape index (κ2) is 6.96. The average molecular weight is 324 g/mol. The molecule has 0 fully saturated rings. The minimum Gasteiger partial charge on any atom is -0.539 e. The van der Waals surface area contributed by atoms with Crippen molar-refractivity contribution in [2.45, 2.75) is 32.7 Å². The van der Waals surface area contributed by atoms with E-state index in [1.807, 2.05) is 36.4 Å². The molecule has 2 nitrogen and oxygen atoms in total. The lowest BCUT2D eigenvalue weighted by atomic mass is 10.2. The number of aldehydes is 1. The molecule has 0 N–H and O–H groups in total. The van der Waals surface area contributed by atoms with Gasteiger partial charge >= 0.3 is 8.32 Å². The van der Waals surface area contributed by atoms with Crippen molar-refractivity contribution in [2.24, 2.45) is 0 Å². The molecule has 0 heterocycles. The molecule has 0 aliphatic rings. The number of benzene rings is 2. The molecule has 120 valence electrons. The largest absolute Gasteiger partial charge is 0.539 e. The fourth-order valence-electron chi connectivity index (χ4n) is 2.90. The highest BCUT2D eigenvalue weighted by Crippen LogP contribution is 2.36. The van der Waals surface area contributed by atoms with Gasteiger partial charge in [0.05, 0.1) is 6.26 Å². The molecule has 0 spiro atoms. The van der Waals surface area contributed by atoms with Crippen molar-refractivity contribution in [2.75, 3.05) is 0 Å². The number of rotatable bonds is 5. The molecule has 23 heavy (non-hydrogen) atoms. The predicted molar refractivity (Wildman–Crippen MR) is 98.5 cm³/mol. The second-order valence-corrected chi connectivity index (χ2v) is 11.0. The molecule has 0 radical (unpaired) electrons. The molecule has 2 rings (SSSR count). The molecule has 2 aromatic carbocycles. The van der Waals surface area contributed by atoms with E-state index in [4.69, 9.17) is 4.43 Å². The van der Waals surface area contributed by atoms with Gasteiger partial charge in [-0.05, 0) is 22.3 Å². The van der Waals surface area contributed by atoms with Crippen LogP contribution in [0.2, 0.25) is 5.04 Å². The second-order valence-electron chi connectivity index (χ2n) is 6.76. The van der Waals surface area contributed by atoms with Gasteiger partial charge in [0, 0.05) is 5.57 Å². The van der Waals surface area contributed by atoms with Crippen LogP contribution in [0.3, 0.4) is 0 Å². The Labute approximate surface area is 139 Å². The first-order chi connectivity index (χ1) is 10.9. The van der Waals surface area contributed by atoms with Gasteiger partial charge in [0.25, 0.3) is 0 Å². The third kappa shape index (κ3) is 3.45. The predicted octanol–water partition coefficient (Wildman–Crippen LogP) is 3.67. The van der Waals surface area contributed by atoms with Crippen LogP contribution in [-0.2, 0) is 9.22 Å². The highest BCUT2D eigenvalue weighted by atomic mass is 28.4. The molecule has 0 saturated heterocycles. The van der Waals surface area contributed by atoms with Gasteiger partial charge in [-0.1, -0.05) is 81.4 Å². The molecule has 0 bridgehead atoms. The summed E-state index contributed by atoms with van der Waals surface area (Å²) in [6.07, 6.45) is 2.46. The van der Waals surface area contributed by atoms with Gasteiger partial charge in [-0.25, -0.2) is 0 Å². The molecule has 0 amide bonds. The van der Waals surface area contributed by atoms with Crippen molar-refractivity contribution >= 4 is 25.0 Å². The molecule has 0 aromatic heterocycles. The lowest BCUT2D eigenvalue weighted by molar-refractivity contribution is -0.104. The van der Waals surface area contributed by atoms with Gasteiger partial charge in [0.1, 0.15) is 6.29 Å². The maximum atomic E-state index is 11.0. The summed E-state index contributed by atoms with van der Waals surface area (Å²) in [5.41, 5.74) is 0.595. The summed E-state index contributed by atoms with van der Waals surface area (Å²) in [6.45, 7) is 8.40. The zero-order chi connectivity index (χ0) is 16.9. The van der Waals surface area contributed by atoms with Crippen LogP contribution in [-0.4, -0.2) is 14.6 Å². The van der Waals surface area contributed by atoms with E-state index in [1.165, 1.54) is 10.4 Å². The van der Waals surface area contributed by atoms with Crippen molar-refractivity contribution < 1.29 is 9.22 Å². The lowest BCUT2D eigenvalue weighted by Gasteiger charge is -2.42. The fourth-order valence-corrected chi connectivity index (χ4v) is 7.28. The third-order valence-electron chi connectivity index (χ3n) is 4.02. The van der Waals surface area contributed by atoms with Gasteiger partial charge in [0.2, 0.25) is 0 Å². The highest BCUT2D eigenvalue weighted by Gasteiger charge is 2.51. The standard InChI is InChI=1S/C20H24O2Si/c1-17(15-21)16-22-23(20(2,3)4,18-11-7-5-8-12-18)19-13-9-6-10-14-19/h5-16H,1-4H3/b17-16+. The SMILES string of the molecule is C/C(C=O)=C\O[Si](c1ccccc1)(c1ccccc1)C(C)(C)C. The molecule has 0 atom stereocenters. The van der Waals surface area contributed by atoms with Gasteiger partial charge in [0.15, 0.2) is 0 Å². The summed E-state index contributed by atoms with van der Waals surface area (Å²) >= 11 is 0. The van der Waals surface area contributed by atoms with Gasteiger partial charge < -0.3 is 4.43 Å². The van der Waals surface area contributed by atoms with E-state index in [1.54, 1.807) is 13.2 Å². The number of allylic oxidation sites excluding steroid dienone is 1. The van der Waals surface area contributed by atoms with Crippen LogP contribution < -0.4 is 10.4 Å². The van der Waals surface area contributed by atoms with Crippen molar-refractivity contribution in [1.29, 1.82) is 0 Å². The van der Waals surface area contributed by atoms with E-state index in [0.29, 0.717) is 5.57 Å². The minimum atomic E-state index is -2.56. The summed E-state index contributed by atoms with van der Waals surface area (Å²) < 4.78 is 6.46. The summed E-state index contributed by atoms with van der Waals surface area (Å²) in [4.78, 5) is 11.0. The van der Waals surface area contributed by atoms with E-state index in [2.05, 4.69) is 45.0 Å². The Balaban J connectivity index is 2.72. The molecule has 0 aliphatic carbocycles. The molecule has 2 aromatic rings. The van der Waals surface area contributed by atoms with Crippen LogP contribution in [0.5, 0.6) is 0 Å². The number of hydrogen-bond acceptors (Lipinski definition) is 2. The number of carbonyl (C=O) groups excluding carboxylic acids is 1. The first kappa shape index (κ1) is 17.2. The summed E-state index contributed by atoms with van der Waals surface area (Å²) in [5.74, 6) is 0. The molecule has 3 heteroatoms. The maximum Gasteiger partial charge on any atom is 0.319 e. The minimum absolute atomic E-state index is 0.0879. The zero-order valence-corrected chi connectivity index (χ0v) is 15.2. The third-order valence-corrected chi connectivity index (χ3v) is 8.90. The summed E-state index contributed by atoms with van der Waals surface area (Å²) in [7, 11) is -2.56. The number of hydrogen-bond donors (Lipinski definition) is 0. The first-order valence-corrected chi connectivity index (χ1v) is 9.73. The van der Waals surface area contributed by atoms with E-state index in [-0.39, 0.29) is 5.04 Å². The average Bonchev–Trinajstić information content (AvgIpc) is 2.56. The quantitative estimate of drug-likeness (QED) is 0.363. The molecule has 0 saturated carbocycles. The topological polar surface area (TPSA) is 26.3 Å². The Hall–Kier alpha value is -2.13. The molecule has 0 aliphatic heterocycles. The summed E-state index contributed by atoms with van der Waals surface area (Å²) in [5, 5.41) is 2.32. The van der Waals surface area contributed by atoms with Crippen LogP contribution in [0, 0.1) is 0 Å². The van der Waals surface area contributed by atoms with Crippen LogP contribution in [0.4, 0.5) is 0 Å². The lowest BCUT2D eigenvalue weighted by Crippen LogP contribution is -2.65. The van der Waals surface area contributed by atoms with Gasteiger partial charge in [-0.3, -0.25) is 4.79 Å². The van der Waals surface area contributed by atoms with Crippen molar-refractivity contribution in [3.8, 4) is 0 Å². The first-order valence-electron chi connectivity index (χ1n) is 7.82. The monoisotopic (exact) mass is 324 g/mol. The summed E-state index contributed by atoms with van der Waals surface area (Å²) in [6, 6.07) is 20.8. The Morgan fingerprint density at radius 1 is 0.913 bits per heavy atom. The molecule has 0 unspecified atom stereocenters. The maximum absolute atomic E-state index is 11.0. The zero-order valence-electron chi connectivity index (χ0n) is 14.2. The van der Waals surface area contributed by atoms with Crippen LogP contribution in [0.15, 0.2) is 72.5 Å². The Morgan fingerprint density at radius 2 is 1.35 bits per heavy atom.